The molecule has 1 aromatic heterocycles. The molecule has 6 heteroatoms. The number of hydrogen-bond donors (Lipinski definition) is 1. The molecule has 3 heterocycles. The van der Waals surface area contributed by atoms with Crippen LogP contribution >= 0.6 is 24.2 Å². The molecule has 2 aliphatic heterocycles. The highest BCUT2D eigenvalue weighted by Gasteiger charge is 2.27. The molecule has 0 aliphatic carbocycles. The Morgan fingerprint density at radius 2 is 1.90 bits per heavy atom. The van der Waals surface area contributed by atoms with E-state index in [4.69, 9.17) is 4.98 Å². The highest BCUT2D eigenvalue weighted by Crippen LogP contribution is 2.36. The maximum Gasteiger partial charge on any atom is 0.206 e. The van der Waals surface area contributed by atoms with Gasteiger partial charge in [-0.1, -0.05) is 12.1 Å². The van der Waals surface area contributed by atoms with Gasteiger partial charge in [-0.15, -0.1) is 12.4 Å². The monoisotopic (exact) mass is 310 g/mol. The van der Waals surface area contributed by atoms with Gasteiger partial charge in [0.15, 0.2) is 0 Å². The van der Waals surface area contributed by atoms with Crippen molar-refractivity contribution in [2.24, 2.45) is 0 Å². The van der Waals surface area contributed by atoms with Crippen LogP contribution in [0.3, 0.4) is 0 Å². The normalized spacial score (nSPS) is 19.7. The molecule has 0 spiro atoms. The third kappa shape index (κ3) is 2.28. The minimum atomic E-state index is 0. The molecular formula is C14H19ClN4S. The molecule has 2 fully saturated rings. The summed E-state index contributed by atoms with van der Waals surface area (Å²) in [5.74, 6) is 3.62. The van der Waals surface area contributed by atoms with Crippen molar-refractivity contribution >= 4 is 41.2 Å². The minimum absolute atomic E-state index is 0. The summed E-state index contributed by atoms with van der Waals surface area (Å²) in [6.45, 7) is 4.23. The molecule has 108 valence electrons. The molecule has 0 amide bonds. The first-order chi connectivity index (χ1) is 9.43. The molecule has 4 nitrogen and oxygen atoms in total. The lowest BCUT2D eigenvalue weighted by atomic mass is 10.3. The highest BCUT2D eigenvalue weighted by molar-refractivity contribution is 8.00. The summed E-state index contributed by atoms with van der Waals surface area (Å²) in [5, 5.41) is 3.41. The maximum absolute atomic E-state index is 4.89. The Kier molecular flexibility index (Phi) is 4.10. The molecule has 0 bridgehead atoms. The standard InChI is InChI=1S/C14H18N4S.ClH/c1-2-4-13-12(3-1)16-14(17-7-5-15-6-8-17)18(13)11-9-19-10-11;/h1-4,11,15H,5-10H2;1H. The number of piperazine rings is 1. The fourth-order valence-electron chi connectivity index (χ4n) is 2.85. The molecule has 0 atom stereocenters. The van der Waals surface area contributed by atoms with Crippen LogP contribution in [0.25, 0.3) is 11.0 Å². The lowest BCUT2D eigenvalue weighted by molar-refractivity contribution is 0.546. The summed E-state index contributed by atoms with van der Waals surface area (Å²) in [6, 6.07) is 9.16. The molecule has 2 aromatic rings. The van der Waals surface area contributed by atoms with E-state index in [1.54, 1.807) is 0 Å². The number of benzene rings is 1. The van der Waals surface area contributed by atoms with Crippen LogP contribution in [0.1, 0.15) is 6.04 Å². The number of thioether (sulfide) groups is 1. The highest BCUT2D eigenvalue weighted by atomic mass is 35.5. The largest absolute Gasteiger partial charge is 0.340 e. The number of hydrogen-bond acceptors (Lipinski definition) is 4. The molecular weight excluding hydrogens is 292 g/mol. The van der Waals surface area contributed by atoms with E-state index in [-0.39, 0.29) is 12.4 Å². The summed E-state index contributed by atoms with van der Waals surface area (Å²) in [4.78, 5) is 7.32. The quantitative estimate of drug-likeness (QED) is 0.921. The van der Waals surface area contributed by atoms with Crippen molar-refractivity contribution < 1.29 is 0 Å². The fraction of sp³-hybridized carbons (Fsp3) is 0.500. The van der Waals surface area contributed by atoms with Crippen LogP contribution in [0.15, 0.2) is 24.3 Å². The molecule has 2 saturated heterocycles. The van der Waals surface area contributed by atoms with Gasteiger partial charge in [-0.3, -0.25) is 0 Å². The van der Waals surface area contributed by atoms with E-state index in [2.05, 4.69) is 39.0 Å². The lowest BCUT2D eigenvalue weighted by Crippen LogP contribution is -2.45. The van der Waals surface area contributed by atoms with Gasteiger partial charge in [0.25, 0.3) is 0 Å². The number of nitrogens with zero attached hydrogens (tertiary/aromatic N) is 3. The summed E-state index contributed by atoms with van der Waals surface area (Å²) in [7, 11) is 0. The first-order valence-electron chi connectivity index (χ1n) is 6.94. The Hall–Kier alpha value is -0.910. The van der Waals surface area contributed by atoms with Crippen molar-refractivity contribution in [1.29, 1.82) is 0 Å². The lowest BCUT2D eigenvalue weighted by Gasteiger charge is -2.34. The fourth-order valence-corrected chi connectivity index (χ4v) is 3.60. The van der Waals surface area contributed by atoms with Crippen LogP contribution in [0.2, 0.25) is 0 Å². The number of aromatic nitrogens is 2. The van der Waals surface area contributed by atoms with Crippen molar-refractivity contribution in [2.75, 3.05) is 42.6 Å². The molecule has 1 aromatic carbocycles. The number of imidazole rings is 1. The Labute approximate surface area is 129 Å². The Bertz CT molecular complexity index is 590. The second-order valence-electron chi connectivity index (χ2n) is 5.20. The first-order valence-corrected chi connectivity index (χ1v) is 8.09. The topological polar surface area (TPSA) is 33.1 Å². The van der Waals surface area contributed by atoms with E-state index in [0.29, 0.717) is 6.04 Å². The summed E-state index contributed by atoms with van der Waals surface area (Å²) >= 11 is 2.03. The number of fused-ring (bicyclic) bond motifs is 1. The summed E-state index contributed by atoms with van der Waals surface area (Å²) in [6.07, 6.45) is 0. The van der Waals surface area contributed by atoms with Gasteiger partial charge in [-0.05, 0) is 12.1 Å². The Morgan fingerprint density at radius 3 is 2.60 bits per heavy atom. The Morgan fingerprint density at radius 1 is 1.15 bits per heavy atom. The van der Waals surface area contributed by atoms with Gasteiger partial charge in [-0.2, -0.15) is 11.8 Å². The van der Waals surface area contributed by atoms with Gasteiger partial charge in [0.05, 0.1) is 17.1 Å². The molecule has 20 heavy (non-hydrogen) atoms. The summed E-state index contributed by atoms with van der Waals surface area (Å²) < 4.78 is 2.47. The maximum atomic E-state index is 4.89. The van der Waals surface area contributed by atoms with Crippen molar-refractivity contribution in [2.45, 2.75) is 6.04 Å². The zero-order valence-electron chi connectivity index (χ0n) is 11.3. The van der Waals surface area contributed by atoms with E-state index in [0.717, 1.165) is 31.7 Å². The van der Waals surface area contributed by atoms with Crippen LogP contribution in [-0.2, 0) is 0 Å². The van der Waals surface area contributed by atoms with E-state index in [9.17, 15) is 0 Å². The van der Waals surface area contributed by atoms with E-state index < -0.39 is 0 Å². The zero-order valence-corrected chi connectivity index (χ0v) is 12.9. The van der Waals surface area contributed by atoms with E-state index in [1.807, 2.05) is 11.8 Å². The van der Waals surface area contributed by atoms with E-state index in [1.165, 1.54) is 23.0 Å². The van der Waals surface area contributed by atoms with Gasteiger partial charge in [0.1, 0.15) is 0 Å². The summed E-state index contributed by atoms with van der Waals surface area (Å²) in [5.41, 5.74) is 2.43. The number of rotatable bonds is 2. The minimum Gasteiger partial charge on any atom is -0.340 e. The smallest absolute Gasteiger partial charge is 0.206 e. The zero-order chi connectivity index (χ0) is 12.7. The van der Waals surface area contributed by atoms with Gasteiger partial charge in [0.2, 0.25) is 5.95 Å². The number of nitrogens with one attached hydrogen (secondary N) is 1. The van der Waals surface area contributed by atoms with Crippen molar-refractivity contribution in [3.63, 3.8) is 0 Å². The average Bonchev–Trinajstić information content (AvgIpc) is 2.78. The number of halogens is 1. The molecule has 4 rings (SSSR count). The molecule has 0 radical (unpaired) electrons. The van der Waals surface area contributed by atoms with E-state index >= 15 is 0 Å². The second-order valence-corrected chi connectivity index (χ2v) is 6.27. The van der Waals surface area contributed by atoms with Gasteiger partial charge in [0, 0.05) is 37.7 Å². The predicted octanol–water partition coefficient (Wildman–Crippen LogP) is 2.16. The van der Waals surface area contributed by atoms with Crippen LogP contribution < -0.4 is 10.2 Å². The SMILES string of the molecule is Cl.c1ccc2c(c1)nc(N1CCNCC1)n2C1CSC1. The van der Waals surface area contributed by atoms with Gasteiger partial charge in [-0.25, -0.2) is 4.98 Å². The van der Waals surface area contributed by atoms with Crippen molar-refractivity contribution in [1.82, 2.24) is 14.9 Å². The second kappa shape index (κ2) is 5.84. The first kappa shape index (κ1) is 14.0. The van der Waals surface area contributed by atoms with Gasteiger partial charge >= 0.3 is 0 Å². The van der Waals surface area contributed by atoms with Crippen LogP contribution in [-0.4, -0.2) is 47.2 Å². The van der Waals surface area contributed by atoms with Gasteiger partial charge < -0.3 is 14.8 Å². The number of anilines is 1. The van der Waals surface area contributed by atoms with Crippen LogP contribution in [0.5, 0.6) is 0 Å². The molecule has 2 aliphatic rings. The Balaban J connectivity index is 0.00000121. The predicted molar refractivity (Wildman–Crippen MR) is 88.4 cm³/mol. The molecule has 1 N–H and O–H groups in total. The third-order valence-corrected chi connectivity index (χ3v) is 5.20. The van der Waals surface area contributed by atoms with Crippen molar-refractivity contribution in [3.8, 4) is 0 Å². The molecule has 0 unspecified atom stereocenters. The van der Waals surface area contributed by atoms with Crippen molar-refractivity contribution in [3.05, 3.63) is 24.3 Å². The number of para-hydroxylation sites is 2. The van der Waals surface area contributed by atoms with Crippen LogP contribution in [0, 0.1) is 0 Å². The third-order valence-electron chi connectivity index (χ3n) is 3.96. The average molecular weight is 311 g/mol. The molecule has 0 saturated carbocycles. The van der Waals surface area contributed by atoms with Crippen LogP contribution in [0.4, 0.5) is 5.95 Å².